The molecule has 6 nitrogen and oxygen atoms in total. The van der Waals surface area contributed by atoms with Crippen LogP contribution in [0.1, 0.15) is 36.3 Å². The number of nitrogens with zero attached hydrogens (tertiary/aromatic N) is 3. The standard InChI is InChI=1S/C27H26FN3O3/c28-27(14-10-21(11-15-27)20-4-2-1-3-5-20)26-29-24(30-34-26)22-8-6-19(7-9-22)18-31-16-12-23(13-17-31)25(32)33/h1-11,14,23H,12-13,15-18H2,(H,32,33). The summed E-state index contributed by atoms with van der Waals surface area (Å²) in [6, 6.07) is 17.7. The van der Waals surface area contributed by atoms with Gasteiger partial charge in [0.15, 0.2) is 0 Å². The fourth-order valence-corrected chi connectivity index (χ4v) is 4.48. The Labute approximate surface area is 197 Å². The van der Waals surface area contributed by atoms with Crippen LogP contribution in [-0.4, -0.2) is 39.2 Å². The summed E-state index contributed by atoms with van der Waals surface area (Å²) in [6.07, 6.45) is 6.60. The fourth-order valence-electron chi connectivity index (χ4n) is 4.48. The Morgan fingerprint density at radius 3 is 2.47 bits per heavy atom. The Kier molecular flexibility index (Phi) is 6.11. The number of alkyl halides is 1. The molecule has 2 heterocycles. The highest BCUT2D eigenvalue weighted by molar-refractivity contribution is 5.75. The van der Waals surface area contributed by atoms with Gasteiger partial charge >= 0.3 is 5.97 Å². The van der Waals surface area contributed by atoms with Crippen molar-refractivity contribution in [3.8, 4) is 11.4 Å². The van der Waals surface area contributed by atoms with Gasteiger partial charge in [-0.25, -0.2) is 4.39 Å². The molecule has 174 valence electrons. The quantitative estimate of drug-likeness (QED) is 0.543. The van der Waals surface area contributed by atoms with E-state index in [-0.39, 0.29) is 18.2 Å². The second-order valence-electron chi connectivity index (χ2n) is 8.93. The van der Waals surface area contributed by atoms with Crippen LogP contribution >= 0.6 is 0 Å². The first-order valence-electron chi connectivity index (χ1n) is 11.5. The van der Waals surface area contributed by atoms with Gasteiger partial charge in [-0.2, -0.15) is 4.98 Å². The van der Waals surface area contributed by atoms with E-state index in [9.17, 15) is 4.79 Å². The normalized spacial score (nSPS) is 21.4. The van der Waals surface area contributed by atoms with Gasteiger partial charge in [-0.1, -0.05) is 71.9 Å². The number of aromatic nitrogens is 2. The predicted molar refractivity (Wildman–Crippen MR) is 126 cm³/mol. The van der Waals surface area contributed by atoms with Gasteiger partial charge < -0.3 is 9.63 Å². The summed E-state index contributed by atoms with van der Waals surface area (Å²) >= 11 is 0. The van der Waals surface area contributed by atoms with E-state index in [1.807, 2.05) is 60.7 Å². The number of rotatable bonds is 6. The van der Waals surface area contributed by atoms with Gasteiger partial charge in [-0.05, 0) is 48.7 Å². The topological polar surface area (TPSA) is 79.5 Å². The molecule has 0 spiro atoms. The molecule has 1 aliphatic carbocycles. The Balaban J connectivity index is 1.22. The van der Waals surface area contributed by atoms with Crippen LogP contribution in [0.4, 0.5) is 4.39 Å². The molecule has 7 heteroatoms. The maximum absolute atomic E-state index is 15.6. The number of carbonyl (C=O) groups is 1. The third-order valence-corrected chi connectivity index (χ3v) is 6.59. The first kappa shape index (κ1) is 22.2. The summed E-state index contributed by atoms with van der Waals surface area (Å²) in [5.74, 6) is -0.626. The van der Waals surface area contributed by atoms with Crippen molar-refractivity contribution in [3.05, 3.63) is 89.8 Å². The maximum Gasteiger partial charge on any atom is 0.306 e. The molecule has 1 aromatic heterocycles. The van der Waals surface area contributed by atoms with E-state index in [0.29, 0.717) is 18.7 Å². The first-order valence-corrected chi connectivity index (χ1v) is 11.5. The van der Waals surface area contributed by atoms with Crippen LogP contribution in [0, 0.1) is 5.92 Å². The summed E-state index contributed by atoms with van der Waals surface area (Å²) in [5.41, 5.74) is 2.06. The van der Waals surface area contributed by atoms with E-state index in [1.165, 1.54) is 6.08 Å². The zero-order chi connectivity index (χ0) is 23.5. The molecule has 5 rings (SSSR count). The van der Waals surface area contributed by atoms with E-state index in [2.05, 4.69) is 15.0 Å². The summed E-state index contributed by atoms with van der Waals surface area (Å²) in [7, 11) is 0. The SMILES string of the molecule is O=C(O)C1CCN(Cc2ccc(-c3noc(C4(F)C=CC(c5ccccc5)=CC4)n3)cc2)CC1. The smallest absolute Gasteiger partial charge is 0.306 e. The van der Waals surface area contributed by atoms with Crippen molar-refractivity contribution in [2.45, 2.75) is 31.5 Å². The molecule has 0 bridgehead atoms. The van der Waals surface area contributed by atoms with Gasteiger partial charge in [-0.15, -0.1) is 0 Å². The second kappa shape index (κ2) is 9.35. The van der Waals surface area contributed by atoms with Crippen LogP contribution in [-0.2, 0) is 17.0 Å². The Bertz CT molecular complexity index is 1210. The summed E-state index contributed by atoms with van der Waals surface area (Å²) in [5, 5.41) is 13.2. The molecule has 2 aliphatic rings. The Morgan fingerprint density at radius 2 is 1.82 bits per heavy atom. The molecule has 3 aromatic rings. The largest absolute Gasteiger partial charge is 0.481 e. The van der Waals surface area contributed by atoms with E-state index < -0.39 is 11.6 Å². The lowest BCUT2D eigenvalue weighted by Gasteiger charge is -2.30. The number of likely N-dealkylation sites (tertiary alicyclic amines) is 1. The van der Waals surface area contributed by atoms with Gasteiger partial charge in [0, 0.05) is 18.5 Å². The lowest BCUT2D eigenvalue weighted by Crippen LogP contribution is -2.35. The lowest BCUT2D eigenvalue weighted by molar-refractivity contribution is -0.143. The van der Waals surface area contributed by atoms with Crippen molar-refractivity contribution in [3.63, 3.8) is 0 Å². The van der Waals surface area contributed by atoms with Gasteiger partial charge in [0.1, 0.15) is 0 Å². The Morgan fingerprint density at radius 1 is 1.09 bits per heavy atom. The molecule has 1 atom stereocenters. The molecule has 34 heavy (non-hydrogen) atoms. The van der Waals surface area contributed by atoms with Crippen LogP contribution in [0.2, 0.25) is 0 Å². The van der Waals surface area contributed by atoms with E-state index in [0.717, 1.165) is 41.9 Å². The monoisotopic (exact) mass is 459 g/mol. The number of hydrogen-bond acceptors (Lipinski definition) is 5. The minimum Gasteiger partial charge on any atom is -0.481 e. The van der Waals surface area contributed by atoms with Crippen LogP contribution in [0.3, 0.4) is 0 Å². The molecule has 0 radical (unpaired) electrons. The summed E-state index contributed by atoms with van der Waals surface area (Å²) in [6.45, 7) is 2.32. The van der Waals surface area contributed by atoms with E-state index in [4.69, 9.17) is 9.63 Å². The average Bonchev–Trinajstić information content (AvgIpc) is 3.37. The lowest BCUT2D eigenvalue weighted by atomic mass is 9.91. The van der Waals surface area contributed by atoms with Gasteiger partial charge in [0.25, 0.3) is 5.89 Å². The molecule has 1 fully saturated rings. The Hall–Kier alpha value is -3.58. The number of carboxylic acids is 1. The summed E-state index contributed by atoms with van der Waals surface area (Å²) < 4.78 is 20.9. The third kappa shape index (κ3) is 4.70. The van der Waals surface area contributed by atoms with Crippen molar-refractivity contribution >= 4 is 11.5 Å². The van der Waals surface area contributed by atoms with E-state index in [1.54, 1.807) is 6.08 Å². The van der Waals surface area contributed by atoms with Crippen molar-refractivity contribution in [2.24, 2.45) is 5.92 Å². The molecule has 2 aromatic carbocycles. The number of piperidine rings is 1. The molecule has 1 saturated heterocycles. The minimum absolute atomic E-state index is 0.0486. The number of allylic oxidation sites excluding steroid dienone is 4. The number of aliphatic carboxylic acids is 1. The molecule has 1 unspecified atom stereocenters. The number of hydrogen-bond donors (Lipinski definition) is 1. The molecule has 1 aliphatic heterocycles. The molecule has 0 amide bonds. The van der Waals surface area contributed by atoms with Gasteiger partial charge in [0.2, 0.25) is 11.5 Å². The highest BCUT2D eigenvalue weighted by Crippen LogP contribution is 2.37. The number of carboxylic acid groups (broad SMARTS) is 1. The molecular formula is C27H26FN3O3. The van der Waals surface area contributed by atoms with Crippen LogP contribution < -0.4 is 0 Å². The fraction of sp³-hybridized carbons (Fsp3) is 0.296. The van der Waals surface area contributed by atoms with Crippen molar-refractivity contribution in [1.82, 2.24) is 15.0 Å². The minimum atomic E-state index is -1.83. The first-order chi connectivity index (χ1) is 16.5. The van der Waals surface area contributed by atoms with Gasteiger partial charge in [-0.3, -0.25) is 9.69 Å². The van der Waals surface area contributed by atoms with Crippen LogP contribution in [0.15, 0.2) is 77.3 Å². The molecular weight excluding hydrogens is 433 g/mol. The highest BCUT2D eigenvalue weighted by atomic mass is 19.1. The second-order valence-corrected chi connectivity index (χ2v) is 8.93. The van der Waals surface area contributed by atoms with Gasteiger partial charge in [0.05, 0.1) is 5.92 Å². The van der Waals surface area contributed by atoms with Crippen molar-refractivity contribution in [1.29, 1.82) is 0 Å². The summed E-state index contributed by atoms with van der Waals surface area (Å²) in [4.78, 5) is 17.7. The van der Waals surface area contributed by atoms with Crippen LogP contribution in [0.25, 0.3) is 17.0 Å². The van der Waals surface area contributed by atoms with Crippen molar-refractivity contribution in [2.75, 3.05) is 13.1 Å². The molecule has 0 saturated carbocycles. The third-order valence-electron chi connectivity index (χ3n) is 6.59. The maximum atomic E-state index is 15.6. The average molecular weight is 460 g/mol. The highest BCUT2D eigenvalue weighted by Gasteiger charge is 2.36. The van der Waals surface area contributed by atoms with Crippen LogP contribution in [0.5, 0.6) is 0 Å². The van der Waals surface area contributed by atoms with Crippen molar-refractivity contribution < 1.29 is 18.8 Å². The van der Waals surface area contributed by atoms with E-state index >= 15 is 4.39 Å². The zero-order valence-electron chi connectivity index (χ0n) is 18.7. The molecule has 1 N–H and O–H groups in total. The zero-order valence-corrected chi connectivity index (χ0v) is 18.7. The number of halogens is 1. The predicted octanol–water partition coefficient (Wildman–Crippen LogP) is 5.24. The number of benzene rings is 2.